The van der Waals surface area contributed by atoms with Gasteiger partial charge in [0.25, 0.3) is 17.5 Å². The molecule has 5 rings (SSSR count). The summed E-state index contributed by atoms with van der Waals surface area (Å²) in [6.45, 7) is 3.02. The van der Waals surface area contributed by atoms with E-state index in [0.29, 0.717) is 5.56 Å². The quantitative estimate of drug-likeness (QED) is 0.130. The first-order chi connectivity index (χ1) is 20.5. The number of hydrogen-bond acceptors (Lipinski definition) is 8. The Labute approximate surface area is 262 Å². The molecule has 0 bridgehead atoms. The van der Waals surface area contributed by atoms with Crippen LogP contribution in [0, 0.1) is 24.0 Å². The molecule has 2 heterocycles. The number of hydrogen-bond donors (Lipinski definition) is 2. The van der Waals surface area contributed by atoms with Crippen molar-refractivity contribution in [3.05, 3.63) is 107 Å². The third-order valence-electron chi connectivity index (χ3n) is 6.28. The van der Waals surface area contributed by atoms with Gasteiger partial charge in [-0.3, -0.25) is 19.7 Å². The number of rotatable bonds is 7. The summed E-state index contributed by atoms with van der Waals surface area (Å²) in [5.74, 6) is -1.17. The molecule has 2 N–H and O–H groups in total. The van der Waals surface area contributed by atoms with Gasteiger partial charge in [-0.05, 0) is 50.2 Å². The summed E-state index contributed by atoms with van der Waals surface area (Å²) in [4.78, 5) is 38.0. The van der Waals surface area contributed by atoms with Crippen LogP contribution in [0.25, 0.3) is 22.5 Å². The Morgan fingerprint density at radius 3 is 1.63 bits per heavy atom. The molecule has 0 spiro atoms. The van der Waals surface area contributed by atoms with Crippen molar-refractivity contribution < 1.29 is 23.6 Å². The number of carbonyl (C=O) groups is 2. The number of amides is 2. The van der Waals surface area contributed by atoms with Crippen LogP contribution >= 0.6 is 46.4 Å². The Balaban J connectivity index is 1.49. The molecule has 0 fully saturated rings. The molecule has 0 radical (unpaired) electrons. The molecule has 218 valence electrons. The number of carbonyl (C=O) groups excluding carboxylic acids is 2. The minimum absolute atomic E-state index is 0.0416. The van der Waals surface area contributed by atoms with Crippen LogP contribution in [0.4, 0.5) is 17.1 Å². The fourth-order valence-electron chi connectivity index (χ4n) is 4.32. The first-order valence-corrected chi connectivity index (χ1v) is 13.7. The van der Waals surface area contributed by atoms with Crippen molar-refractivity contribution in [3.63, 3.8) is 0 Å². The highest BCUT2D eigenvalue weighted by molar-refractivity contribution is 6.40. The number of anilines is 2. The van der Waals surface area contributed by atoms with Crippen molar-refractivity contribution in [2.75, 3.05) is 10.6 Å². The van der Waals surface area contributed by atoms with Crippen LogP contribution in [0.2, 0.25) is 20.1 Å². The normalized spacial score (nSPS) is 10.9. The molecule has 0 unspecified atom stereocenters. The van der Waals surface area contributed by atoms with E-state index in [4.69, 9.17) is 55.4 Å². The third kappa shape index (κ3) is 5.80. The van der Waals surface area contributed by atoms with E-state index in [0.717, 1.165) is 6.07 Å². The smallest absolute Gasteiger partial charge is 0.292 e. The summed E-state index contributed by atoms with van der Waals surface area (Å²) < 4.78 is 10.5. The fourth-order valence-corrected chi connectivity index (χ4v) is 5.47. The van der Waals surface area contributed by atoms with E-state index in [1.165, 1.54) is 26.0 Å². The minimum Gasteiger partial charge on any atom is -0.360 e. The van der Waals surface area contributed by atoms with Gasteiger partial charge in [-0.15, -0.1) is 0 Å². The van der Waals surface area contributed by atoms with Crippen LogP contribution < -0.4 is 10.6 Å². The van der Waals surface area contributed by atoms with E-state index in [1.54, 1.807) is 36.4 Å². The average Bonchev–Trinajstić information content (AvgIpc) is 3.50. The second-order valence-corrected chi connectivity index (χ2v) is 10.6. The van der Waals surface area contributed by atoms with Crippen LogP contribution in [0.15, 0.2) is 63.6 Å². The molecule has 2 amide bonds. The van der Waals surface area contributed by atoms with Gasteiger partial charge in [-0.1, -0.05) is 68.8 Å². The Morgan fingerprint density at radius 2 is 1.19 bits per heavy atom. The van der Waals surface area contributed by atoms with Crippen molar-refractivity contribution in [2.24, 2.45) is 0 Å². The average molecular weight is 661 g/mol. The number of nitro benzene ring substituents is 1. The largest absolute Gasteiger partial charge is 0.360 e. The van der Waals surface area contributed by atoms with E-state index < -0.39 is 22.4 Å². The SMILES string of the molecule is Cc1onc(-c2c(Cl)cccc2Cl)c1C(=O)Nc1ccc([N+](=O)[O-])c(NC(=O)c2c(-c3c(Cl)cccc3Cl)noc2C)c1. The maximum absolute atomic E-state index is 13.5. The molecule has 0 saturated carbocycles. The highest BCUT2D eigenvalue weighted by atomic mass is 35.5. The van der Waals surface area contributed by atoms with Gasteiger partial charge in [0, 0.05) is 22.9 Å². The van der Waals surface area contributed by atoms with Gasteiger partial charge in [0.05, 0.1) is 25.0 Å². The Kier molecular flexibility index (Phi) is 8.43. The van der Waals surface area contributed by atoms with Crippen molar-refractivity contribution in [1.29, 1.82) is 0 Å². The zero-order chi connectivity index (χ0) is 31.0. The summed E-state index contributed by atoms with van der Waals surface area (Å²) >= 11 is 25.3. The lowest BCUT2D eigenvalue weighted by Gasteiger charge is -2.11. The summed E-state index contributed by atoms with van der Waals surface area (Å²) in [7, 11) is 0. The molecular weight excluding hydrogens is 644 g/mol. The fraction of sp³-hybridized carbons (Fsp3) is 0.0714. The lowest BCUT2D eigenvalue weighted by Crippen LogP contribution is -2.16. The zero-order valence-corrected chi connectivity index (χ0v) is 25.0. The first kappa shape index (κ1) is 30.1. The number of aryl methyl sites for hydroxylation is 2. The molecule has 0 aliphatic carbocycles. The molecular formula is C28H17Cl4N5O6. The van der Waals surface area contributed by atoms with Gasteiger partial charge in [0.1, 0.15) is 39.7 Å². The number of aromatic nitrogens is 2. The highest BCUT2D eigenvalue weighted by Crippen LogP contribution is 2.39. The summed E-state index contributed by atoms with van der Waals surface area (Å²) in [6, 6.07) is 13.2. The molecule has 0 atom stereocenters. The number of nitrogens with zero attached hydrogens (tertiary/aromatic N) is 3. The van der Waals surface area contributed by atoms with Gasteiger partial charge in [-0.25, -0.2) is 0 Å². The van der Waals surface area contributed by atoms with Crippen LogP contribution in [0.3, 0.4) is 0 Å². The molecule has 5 aromatic rings. The van der Waals surface area contributed by atoms with Gasteiger partial charge in [0.15, 0.2) is 0 Å². The second-order valence-electron chi connectivity index (χ2n) is 9.02. The van der Waals surface area contributed by atoms with E-state index in [-0.39, 0.29) is 71.1 Å². The van der Waals surface area contributed by atoms with Crippen LogP contribution in [-0.2, 0) is 0 Å². The molecule has 3 aromatic carbocycles. The number of nitrogens with one attached hydrogen (secondary N) is 2. The standard InChI is InChI=1S/C28H17Cl4N5O6/c1-12-21(25(35-42-12)23-15(29)5-3-6-16(23)30)27(38)33-14-9-10-20(37(40)41)19(11-14)34-28(39)22-13(2)43-36-26(22)24-17(31)7-4-8-18(24)32/h3-11H,1-2H3,(H,33,38)(H,34,39). The molecule has 2 aromatic heterocycles. The summed E-state index contributed by atoms with van der Waals surface area (Å²) in [6.07, 6.45) is 0. The van der Waals surface area contributed by atoms with Crippen molar-refractivity contribution >= 4 is 75.3 Å². The van der Waals surface area contributed by atoms with Crippen molar-refractivity contribution in [3.8, 4) is 22.5 Å². The maximum atomic E-state index is 13.5. The summed E-state index contributed by atoms with van der Waals surface area (Å²) in [5, 5.41) is 25.8. The Bertz CT molecular complexity index is 1900. The Morgan fingerprint density at radius 1 is 0.744 bits per heavy atom. The predicted octanol–water partition coefficient (Wildman–Crippen LogP) is 8.64. The zero-order valence-electron chi connectivity index (χ0n) is 22.0. The van der Waals surface area contributed by atoms with Gasteiger partial charge >= 0.3 is 0 Å². The Hall–Kier alpha value is -4.42. The topological polar surface area (TPSA) is 153 Å². The number of nitro groups is 1. The van der Waals surface area contributed by atoms with Gasteiger partial charge < -0.3 is 19.7 Å². The molecule has 11 nitrogen and oxygen atoms in total. The highest BCUT2D eigenvalue weighted by Gasteiger charge is 2.28. The molecule has 0 aliphatic heterocycles. The van der Waals surface area contributed by atoms with E-state index in [2.05, 4.69) is 20.9 Å². The molecule has 0 saturated heterocycles. The first-order valence-electron chi connectivity index (χ1n) is 12.2. The molecule has 43 heavy (non-hydrogen) atoms. The van der Waals surface area contributed by atoms with E-state index >= 15 is 0 Å². The molecule has 15 heteroatoms. The predicted molar refractivity (Wildman–Crippen MR) is 162 cm³/mol. The minimum atomic E-state index is -0.790. The number of halogens is 4. The maximum Gasteiger partial charge on any atom is 0.292 e. The van der Waals surface area contributed by atoms with Gasteiger partial charge in [-0.2, -0.15) is 0 Å². The molecule has 0 aliphatic rings. The van der Waals surface area contributed by atoms with E-state index in [9.17, 15) is 19.7 Å². The van der Waals surface area contributed by atoms with Crippen LogP contribution in [-0.4, -0.2) is 27.1 Å². The van der Waals surface area contributed by atoms with E-state index in [1.807, 2.05) is 0 Å². The van der Waals surface area contributed by atoms with Crippen molar-refractivity contribution in [2.45, 2.75) is 13.8 Å². The lowest BCUT2D eigenvalue weighted by molar-refractivity contribution is -0.383. The van der Waals surface area contributed by atoms with Crippen LogP contribution in [0.5, 0.6) is 0 Å². The van der Waals surface area contributed by atoms with Gasteiger partial charge in [0.2, 0.25) is 0 Å². The summed E-state index contributed by atoms with van der Waals surface area (Å²) in [5.41, 5.74) is 0.147. The second kappa shape index (κ2) is 12.1. The van der Waals surface area contributed by atoms with Crippen LogP contribution in [0.1, 0.15) is 32.2 Å². The monoisotopic (exact) mass is 659 g/mol. The number of benzene rings is 3. The lowest BCUT2D eigenvalue weighted by atomic mass is 10.0. The van der Waals surface area contributed by atoms with Crippen molar-refractivity contribution in [1.82, 2.24) is 10.3 Å². The third-order valence-corrected chi connectivity index (χ3v) is 7.54.